The first kappa shape index (κ1) is 21.2. The molecular weight excluding hydrogens is 378 g/mol. The second-order valence-corrected chi connectivity index (χ2v) is 7.67. The first-order chi connectivity index (χ1) is 13.8. The van der Waals surface area contributed by atoms with Gasteiger partial charge in [-0.3, -0.25) is 4.99 Å². The van der Waals surface area contributed by atoms with Crippen molar-refractivity contribution in [3.63, 3.8) is 0 Å². The van der Waals surface area contributed by atoms with E-state index in [-0.39, 0.29) is 0 Å². The Morgan fingerprint density at radius 2 is 2.07 bits per heavy atom. The van der Waals surface area contributed by atoms with Gasteiger partial charge in [-0.15, -0.1) is 0 Å². The van der Waals surface area contributed by atoms with E-state index in [1.807, 2.05) is 31.3 Å². The lowest BCUT2D eigenvalue weighted by Crippen LogP contribution is -2.48. The molecule has 0 spiro atoms. The lowest BCUT2D eigenvalue weighted by atomic mass is 10.1. The summed E-state index contributed by atoms with van der Waals surface area (Å²) in [4.78, 5) is 6.69. The molecule has 2 heterocycles. The highest BCUT2D eigenvalue weighted by Gasteiger charge is 2.23. The zero-order valence-electron chi connectivity index (χ0n) is 16.7. The molecule has 0 saturated carbocycles. The van der Waals surface area contributed by atoms with Crippen LogP contribution in [0.1, 0.15) is 32.1 Å². The topological polar surface area (TPSA) is 55.3 Å². The lowest BCUT2D eigenvalue weighted by molar-refractivity contribution is -0.0721. The van der Waals surface area contributed by atoms with E-state index in [1.165, 1.54) is 12.8 Å². The van der Waals surface area contributed by atoms with Crippen molar-refractivity contribution < 1.29 is 14.2 Å². The second kappa shape index (κ2) is 11.5. The number of hydrogen-bond donors (Lipinski definition) is 1. The van der Waals surface area contributed by atoms with E-state index in [2.05, 4.69) is 15.2 Å². The summed E-state index contributed by atoms with van der Waals surface area (Å²) in [6, 6.07) is 7.52. The molecule has 7 heteroatoms. The number of hydrogen-bond acceptors (Lipinski definition) is 4. The van der Waals surface area contributed by atoms with E-state index in [4.69, 9.17) is 25.8 Å². The number of likely N-dealkylation sites (tertiary alicyclic amines) is 1. The Hall–Kier alpha value is -1.50. The van der Waals surface area contributed by atoms with Crippen molar-refractivity contribution in [3.05, 3.63) is 29.3 Å². The molecule has 0 amide bonds. The van der Waals surface area contributed by atoms with Gasteiger partial charge in [-0.25, -0.2) is 0 Å². The van der Waals surface area contributed by atoms with E-state index in [1.54, 1.807) is 0 Å². The minimum Gasteiger partial charge on any atom is -0.490 e. The maximum absolute atomic E-state index is 6.11. The molecule has 1 unspecified atom stereocenters. The van der Waals surface area contributed by atoms with Gasteiger partial charge in [0.1, 0.15) is 12.4 Å². The van der Waals surface area contributed by atoms with Crippen LogP contribution >= 0.6 is 11.6 Å². The molecule has 1 N–H and O–H groups in total. The molecule has 0 radical (unpaired) electrons. The molecule has 1 aromatic carbocycles. The van der Waals surface area contributed by atoms with Crippen molar-refractivity contribution in [3.8, 4) is 5.75 Å². The molecule has 2 aliphatic heterocycles. The smallest absolute Gasteiger partial charge is 0.193 e. The molecule has 0 bridgehead atoms. The van der Waals surface area contributed by atoms with Gasteiger partial charge < -0.3 is 24.4 Å². The number of ether oxygens (including phenoxy) is 3. The van der Waals surface area contributed by atoms with E-state index in [9.17, 15) is 0 Å². The Bertz CT molecular complexity index is 615. The average Bonchev–Trinajstić information content (AvgIpc) is 2.75. The van der Waals surface area contributed by atoms with Gasteiger partial charge in [0.25, 0.3) is 0 Å². The van der Waals surface area contributed by atoms with Gasteiger partial charge >= 0.3 is 0 Å². The highest BCUT2D eigenvalue weighted by atomic mass is 35.5. The van der Waals surface area contributed by atoms with Gasteiger partial charge in [0, 0.05) is 26.7 Å². The van der Waals surface area contributed by atoms with E-state index < -0.39 is 0 Å². The van der Waals surface area contributed by atoms with Crippen LogP contribution in [0.25, 0.3) is 0 Å². The van der Waals surface area contributed by atoms with Crippen LogP contribution < -0.4 is 10.1 Å². The zero-order chi connectivity index (χ0) is 19.6. The normalized spacial score (nSPS) is 21.6. The van der Waals surface area contributed by atoms with Crippen LogP contribution in [0.2, 0.25) is 5.02 Å². The SMILES string of the molecule is CN=C(NCCOc1ccccc1Cl)N1CCC(OCC2CCCCO2)CC1. The van der Waals surface area contributed by atoms with Crippen LogP contribution in [0.15, 0.2) is 29.3 Å². The first-order valence-electron chi connectivity index (χ1n) is 10.3. The largest absolute Gasteiger partial charge is 0.490 e. The third-order valence-electron chi connectivity index (χ3n) is 5.22. The Labute approximate surface area is 173 Å². The minimum absolute atomic E-state index is 0.291. The summed E-state index contributed by atoms with van der Waals surface area (Å²) in [5.41, 5.74) is 0. The number of nitrogens with one attached hydrogen (secondary N) is 1. The molecule has 2 saturated heterocycles. The number of guanidine groups is 1. The van der Waals surface area contributed by atoms with E-state index in [0.717, 1.165) is 51.5 Å². The monoisotopic (exact) mass is 409 g/mol. The van der Waals surface area contributed by atoms with Crippen molar-refractivity contribution in [2.24, 2.45) is 4.99 Å². The fourth-order valence-corrected chi connectivity index (χ4v) is 3.82. The van der Waals surface area contributed by atoms with Crippen molar-refractivity contribution >= 4 is 17.6 Å². The number of rotatable bonds is 7. The van der Waals surface area contributed by atoms with Gasteiger partial charge in [-0.2, -0.15) is 0 Å². The number of halogens is 1. The maximum atomic E-state index is 6.11. The summed E-state index contributed by atoms with van der Waals surface area (Å²) in [5.74, 6) is 1.62. The predicted molar refractivity (Wildman–Crippen MR) is 112 cm³/mol. The second-order valence-electron chi connectivity index (χ2n) is 7.26. The van der Waals surface area contributed by atoms with Crippen molar-refractivity contribution in [1.82, 2.24) is 10.2 Å². The van der Waals surface area contributed by atoms with Gasteiger partial charge in [0.15, 0.2) is 5.96 Å². The standard InChI is InChI=1S/C21H32ClN3O3/c1-23-21(24-11-15-27-20-8-3-2-7-19(20)22)25-12-9-17(10-13-25)28-16-18-6-4-5-14-26-18/h2-3,7-8,17-18H,4-6,9-16H2,1H3,(H,23,24). The summed E-state index contributed by atoms with van der Waals surface area (Å²) >= 11 is 6.11. The zero-order valence-corrected chi connectivity index (χ0v) is 17.5. The highest BCUT2D eigenvalue weighted by Crippen LogP contribution is 2.22. The Balaban J connectivity index is 1.32. The van der Waals surface area contributed by atoms with E-state index in [0.29, 0.717) is 36.1 Å². The Kier molecular flexibility index (Phi) is 8.70. The summed E-state index contributed by atoms with van der Waals surface area (Å²) < 4.78 is 17.6. The summed E-state index contributed by atoms with van der Waals surface area (Å²) in [5, 5.41) is 4.01. The van der Waals surface area contributed by atoms with Gasteiger partial charge in [-0.1, -0.05) is 23.7 Å². The Morgan fingerprint density at radius 1 is 1.25 bits per heavy atom. The minimum atomic E-state index is 0.291. The van der Waals surface area contributed by atoms with Crippen LogP contribution in [0.4, 0.5) is 0 Å². The molecule has 0 aliphatic carbocycles. The fraction of sp³-hybridized carbons (Fsp3) is 0.667. The molecule has 1 atom stereocenters. The highest BCUT2D eigenvalue weighted by molar-refractivity contribution is 6.32. The molecule has 6 nitrogen and oxygen atoms in total. The third kappa shape index (κ3) is 6.54. The quantitative estimate of drug-likeness (QED) is 0.425. The molecule has 1 aromatic rings. The van der Waals surface area contributed by atoms with Crippen molar-refractivity contribution in [1.29, 1.82) is 0 Å². The molecule has 2 fully saturated rings. The fourth-order valence-electron chi connectivity index (χ4n) is 3.63. The maximum Gasteiger partial charge on any atom is 0.193 e. The van der Waals surface area contributed by atoms with Crippen LogP contribution in [0.3, 0.4) is 0 Å². The Morgan fingerprint density at radius 3 is 2.79 bits per heavy atom. The number of nitrogens with zero attached hydrogens (tertiary/aromatic N) is 2. The molecule has 0 aromatic heterocycles. The molecule has 156 valence electrons. The summed E-state index contributed by atoms with van der Waals surface area (Å²) in [6.07, 6.45) is 6.22. The van der Waals surface area contributed by atoms with Crippen LogP contribution in [0.5, 0.6) is 5.75 Å². The van der Waals surface area contributed by atoms with Crippen LogP contribution in [0, 0.1) is 0 Å². The molecular formula is C21H32ClN3O3. The molecule has 28 heavy (non-hydrogen) atoms. The first-order valence-corrected chi connectivity index (χ1v) is 10.7. The van der Waals surface area contributed by atoms with Crippen molar-refractivity contribution in [2.75, 3.05) is 46.5 Å². The number of piperidine rings is 1. The number of para-hydroxylation sites is 1. The lowest BCUT2D eigenvalue weighted by Gasteiger charge is -2.35. The predicted octanol–water partition coefficient (Wildman–Crippen LogP) is 3.34. The van der Waals surface area contributed by atoms with Gasteiger partial charge in [0.2, 0.25) is 0 Å². The van der Waals surface area contributed by atoms with Crippen LogP contribution in [-0.4, -0.2) is 69.6 Å². The van der Waals surface area contributed by atoms with E-state index >= 15 is 0 Å². The molecule has 2 aliphatic rings. The third-order valence-corrected chi connectivity index (χ3v) is 5.54. The van der Waals surface area contributed by atoms with Gasteiger partial charge in [0.05, 0.1) is 30.4 Å². The van der Waals surface area contributed by atoms with Crippen molar-refractivity contribution in [2.45, 2.75) is 44.3 Å². The summed E-state index contributed by atoms with van der Waals surface area (Å²) in [6.45, 7) is 4.71. The van der Waals surface area contributed by atoms with Gasteiger partial charge in [-0.05, 0) is 44.2 Å². The summed E-state index contributed by atoms with van der Waals surface area (Å²) in [7, 11) is 1.82. The average molecular weight is 410 g/mol. The van der Waals surface area contributed by atoms with Crippen LogP contribution in [-0.2, 0) is 9.47 Å². The number of benzene rings is 1. The number of aliphatic imine (C=N–C) groups is 1. The molecule has 3 rings (SSSR count).